The Morgan fingerprint density at radius 1 is 1.60 bits per heavy atom. The van der Waals surface area contributed by atoms with Gasteiger partial charge in [-0.05, 0) is 26.0 Å². The fraction of sp³-hybridized carbons (Fsp3) is 0.800. The van der Waals surface area contributed by atoms with Crippen LogP contribution in [0.2, 0.25) is 0 Å². The summed E-state index contributed by atoms with van der Waals surface area (Å²) < 4.78 is 0. The van der Waals surface area contributed by atoms with Crippen molar-refractivity contribution in [3.05, 3.63) is 0 Å². The highest BCUT2D eigenvalue weighted by atomic mass is 32.2. The Balaban J connectivity index is 2.59. The van der Waals surface area contributed by atoms with Gasteiger partial charge in [-0.15, -0.1) is 0 Å². The number of carbonyl (C=O) groups is 2. The molecule has 0 saturated carbocycles. The number of amides is 1. The molecule has 0 aliphatic carbocycles. The molecular formula is C10H17NO3S. The van der Waals surface area contributed by atoms with Crippen molar-refractivity contribution in [2.75, 3.05) is 12.8 Å². The maximum atomic E-state index is 11.9. The minimum atomic E-state index is -0.823. The van der Waals surface area contributed by atoms with E-state index in [0.29, 0.717) is 6.54 Å². The number of likely N-dealkylation sites (tertiary alicyclic amines) is 1. The predicted molar refractivity (Wildman–Crippen MR) is 60.0 cm³/mol. The summed E-state index contributed by atoms with van der Waals surface area (Å²) in [6.07, 6.45) is 3.71. The number of carbonyl (C=O) groups excluding carboxylic acids is 1. The monoisotopic (exact) mass is 231 g/mol. The van der Waals surface area contributed by atoms with Crippen molar-refractivity contribution >= 4 is 23.6 Å². The number of nitrogens with zero attached hydrogens (tertiary/aromatic N) is 1. The Bertz CT molecular complexity index is 257. The van der Waals surface area contributed by atoms with E-state index in [2.05, 4.69) is 0 Å². The summed E-state index contributed by atoms with van der Waals surface area (Å²) >= 11 is 1.50. The van der Waals surface area contributed by atoms with Crippen LogP contribution in [-0.2, 0) is 9.59 Å². The van der Waals surface area contributed by atoms with Crippen molar-refractivity contribution in [2.24, 2.45) is 0 Å². The average Bonchev–Trinajstić information content (AvgIpc) is 2.62. The van der Waals surface area contributed by atoms with Crippen LogP contribution in [0, 0.1) is 0 Å². The van der Waals surface area contributed by atoms with Crippen molar-refractivity contribution in [3.8, 4) is 0 Å². The van der Waals surface area contributed by atoms with E-state index in [0.717, 1.165) is 12.8 Å². The lowest BCUT2D eigenvalue weighted by molar-refractivity contribution is -0.139. The molecule has 1 rings (SSSR count). The molecule has 5 heteroatoms. The molecule has 1 heterocycles. The summed E-state index contributed by atoms with van der Waals surface area (Å²) in [6.45, 7) is 2.57. The number of hydrogen-bond donors (Lipinski definition) is 1. The van der Waals surface area contributed by atoms with E-state index in [1.807, 2.05) is 13.2 Å². The van der Waals surface area contributed by atoms with E-state index >= 15 is 0 Å². The van der Waals surface area contributed by atoms with Crippen molar-refractivity contribution in [1.29, 1.82) is 0 Å². The molecule has 1 aliphatic heterocycles. The van der Waals surface area contributed by atoms with E-state index in [-0.39, 0.29) is 23.6 Å². The summed E-state index contributed by atoms with van der Waals surface area (Å²) in [5, 5.41) is 8.66. The van der Waals surface area contributed by atoms with Gasteiger partial charge in [0.25, 0.3) is 0 Å². The maximum absolute atomic E-state index is 11.9. The van der Waals surface area contributed by atoms with Crippen LogP contribution in [-0.4, -0.2) is 46.0 Å². The van der Waals surface area contributed by atoms with E-state index in [1.165, 1.54) is 11.8 Å². The normalized spacial score (nSPS) is 22.8. The first-order valence-electron chi connectivity index (χ1n) is 5.11. The van der Waals surface area contributed by atoms with Crippen LogP contribution in [0.5, 0.6) is 0 Å². The van der Waals surface area contributed by atoms with Gasteiger partial charge in [-0.1, -0.05) is 0 Å². The van der Waals surface area contributed by atoms with Gasteiger partial charge in [0.05, 0.1) is 11.7 Å². The standard InChI is InChI=1S/C10H17NO3S/c1-7(15-2)10(14)11-5-3-4-8(11)6-9(12)13/h7-8H,3-6H2,1-2H3,(H,12,13)/t7-,8-/m0/s1. The molecule has 1 N–H and O–H groups in total. The molecule has 0 radical (unpaired) electrons. The molecule has 15 heavy (non-hydrogen) atoms. The smallest absolute Gasteiger partial charge is 0.305 e. The number of aliphatic carboxylic acids is 1. The van der Waals surface area contributed by atoms with Crippen molar-refractivity contribution in [3.63, 3.8) is 0 Å². The van der Waals surface area contributed by atoms with Crippen LogP contribution >= 0.6 is 11.8 Å². The number of thioether (sulfide) groups is 1. The summed E-state index contributed by atoms with van der Waals surface area (Å²) in [5.74, 6) is -0.747. The van der Waals surface area contributed by atoms with Gasteiger partial charge in [-0.25, -0.2) is 0 Å². The Labute approximate surface area is 94.0 Å². The fourth-order valence-corrected chi connectivity index (χ4v) is 2.21. The number of carboxylic acid groups (broad SMARTS) is 1. The van der Waals surface area contributed by atoms with Crippen molar-refractivity contribution in [2.45, 2.75) is 37.5 Å². The fourth-order valence-electron chi connectivity index (χ4n) is 1.87. The van der Waals surface area contributed by atoms with Crippen molar-refractivity contribution in [1.82, 2.24) is 4.90 Å². The number of rotatable bonds is 4. The molecule has 2 atom stereocenters. The number of carboxylic acids is 1. The minimum Gasteiger partial charge on any atom is -0.481 e. The molecule has 0 spiro atoms. The first-order chi connectivity index (χ1) is 7.06. The van der Waals surface area contributed by atoms with Crippen LogP contribution in [0.1, 0.15) is 26.2 Å². The zero-order valence-electron chi connectivity index (χ0n) is 9.10. The van der Waals surface area contributed by atoms with Gasteiger partial charge < -0.3 is 10.0 Å². The Hall–Kier alpha value is -0.710. The third-order valence-electron chi connectivity index (χ3n) is 2.77. The summed E-state index contributed by atoms with van der Waals surface area (Å²) in [5.41, 5.74) is 0. The molecule has 0 aromatic carbocycles. The molecule has 1 fully saturated rings. The lowest BCUT2D eigenvalue weighted by atomic mass is 10.1. The SMILES string of the molecule is CS[C@@H](C)C(=O)N1CCC[C@H]1CC(=O)O. The second-order valence-corrected chi connectivity index (χ2v) is 4.98. The Morgan fingerprint density at radius 3 is 2.80 bits per heavy atom. The Morgan fingerprint density at radius 2 is 2.27 bits per heavy atom. The van der Waals surface area contributed by atoms with E-state index in [4.69, 9.17) is 5.11 Å². The molecule has 86 valence electrons. The molecule has 1 saturated heterocycles. The van der Waals surface area contributed by atoms with Gasteiger partial charge in [0, 0.05) is 12.6 Å². The van der Waals surface area contributed by atoms with Crippen LogP contribution in [0.4, 0.5) is 0 Å². The minimum absolute atomic E-state index is 0.0700. The quantitative estimate of drug-likeness (QED) is 0.790. The maximum Gasteiger partial charge on any atom is 0.305 e. The number of hydrogen-bond acceptors (Lipinski definition) is 3. The van der Waals surface area contributed by atoms with Crippen LogP contribution < -0.4 is 0 Å². The van der Waals surface area contributed by atoms with Gasteiger partial charge in [0.1, 0.15) is 0 Å². The lowest BCUT2D eigenvalue weighted by Crippen LogP contribution is -2.40. The van der Waals surface area contributed by atoms with Crippen LogP contribution in [0.15, 0.2) is 0 Å². The summed E-state index contributed by atoms with van der Waals surface area (Å²) in [4.78, 5) is 24.2. The highest BCUT2D eigenvalue weighted by Gasteiger charge is 2.32. The predicted octanol–water partition coefficient (Wildman–Crippen LogP) is 1.20. The van der Waals surface area contributed by atoms with Gasteiger partial charge in [-0.2, -0.15) is 11.8 Å². The second-order valence-electron chi connectivity index (χ2n) is 3.80. The molecule has 1 amide bonds. The first kappa shape index (κ1) is 12.4. The van der Waals surface area contributed by atoms with Gasteiger partial charge >= 0.3 is 5.97 Å². The van der Waals surface area contributed by atoms with E-state index in [1.54, 1.807) is 4.90 Å². The van der Waals surface area contributed by atoms with E-state index in [9.17, 15) is 9.59 Å². The highest BCUT2D eigenvalue weighted by Crippen LogP contribution is 2.23. The molecule has 0 aromatic rings. The average molecular weight is 231 g/mol. The van der Waals surface area contributed by atoms with Crippen molar-refractivity contribution < 1.29 is 14.7 Å². The molecule has 0 aromatic heterocycles. The summed E-state index contributed by atoms with van der Waals surface area (Å²) in [7, 11) is 0. The van der Waals surface area contributed by atoms with E-state index < -0.39 is 5.97 Å². The summed E-state index contributed by atoms with van der Waals surface area (Å²) in [6, 6.07) is -0.0930. The van der Waals surface area contributed by atoms with Gasteiger partial charge in [-0.3, -0.25) is 9.59 Å². The lowest BCUT2D eigenvalue weighted by Gasteiger charge is -2.25. The van der Waals surface area contributed by atoms with Crippen LogP contribution in [0.3, 0.4) is 0 Å². The molecule has 1 aliphatic rings. The Kier molecular flexibility index (Phi) is 4.45. The molecule has 4 nitrogen and oxygen atoms in total. The molecular weight excluding hydrogens is 214 g/mol. The largest absolute Gasteiger partial charge is 0.481 e. The zero-order chi connectivity index (χ0) is 11.4. The molecule has 0 bridgehead atoms. The van der Waals surface area contributed by atoms with Gasteiger partial charge in [0.2, 0.25) is 5.91 Å². The zero-order valence-corrected chi connectivity index (χ0v) is 9.92. The van der Waals surface area contributed by atoms with Crippen LogP contribution in [0.25, 0.3) is 0 Å². The molecule has 0 unspecified atom stereocenters. The third kappa shape index (κ3) is 3.12. The second kappa shape index (κ2) is 5.39. The first-order valence-corrected chi connectivity index (χ1v) is 6.40. The third-order valence-corrected chi connectivity index (χ3v) is 3.68. The highest BCUT2D eigenvalue weighted by molar-refractivity contribution is 7.99. The topological polar surface area (TPSA) is 57.6 Å². The van der Waals surface area contributed by atoms with Gasteiger partial charge in [0.15, 0.2) is 0 Å².